The zero-order valence-corrected chi connectivity index (χ0v) is 12.2. The summed E-state index contributed by atoms with van der Waals surface area (Å²) in [6, 6.07) is 2.31. The second-order valence-corrected chi connectivity index (χ2v) is 5.26. The third-order valence-electron chi connectivity index (χ3n) is 3.75. The van der Waals surface area contributed by atoms with Crippen LogP contribution in [0.1, 0.15) is 48.1 Å². The molecule has 1 aromatic rings. The third kappa shape index (κ3) is 3.46. The molecule has 17 heavy (non-hydrogen) atoms. The maximum atomic E-state index is 2.34. The van der Waals surface area contributed by atoms with Crippen LogP contribution in [-0.2, 0) is 6.42 Å². The van der Waals surface area contributed by atoms with Gasteiger partial charge in [0.05, 0.1) is 0 Å². The Balaban J connectivity index is 3.01. The van der Waals surface area contributed by atoms with Gasteiger partial charge in [0, 0.05) is 0 Å². The minimum atomic E-state index is 0.633. The van der Waals surface area contributed by atoms with Crippen molar-refractivity contribution in [2.24, 2.45) is 5.92 Å². The molecule has 0 aromatic heterocycles. The first kappa shape index (κ1) is 14.0. The fourth-order valence-corrected chi connectivity index (χ4v) is 2.36. The Hall–Kier alpha value is -1.04. The molecule has 0 heteroatoms. The molecule has 0 radical (unpaired) electrons. The first-order valence-electron chi connectivity index (χ1n) is 6.70. The van der Waals surface area contributed by atoms with Crippen LogP contribution in [-0.4, -0.2) is 0 Å². The Morgan fingerprint density at radius 3 is 2.06 bits per heavy atom. The van der Waals surface area contributed by atoms with Gasteiger partial charge in [0.1, 0.15) is 0 Å². The molecule has 0 aliphatic rings. The Morgan fingerprint density at radius 1 is 1.06 bits per heavy atom. The van der Waals surface area contributed by atoms with Crippen molar-refractivity contribution in [3.63, 3.8) is 0 Å². The molecule has 0 N–H and O–H groups in total. The zero-order valence-electron chi connectivity index (χ0n) is 12.2. The van der Waals surface area contributed by atoms with Crippen LogP contribution in [0.4, 0.5) is 0 Å². The van der Waals surface area contributed by atoms with E-state index in [4.69, 9.17) is 0 Å². The Labute approximate surface area is 107 Å². The molecule has 0 saturated heterocycles. The van der Waals surface area contributed by atoms with Gasteiger partial charge in [-0.25, -0.2) is 0 Å². The van der Waals surface area contributed by atoms with Crippen LogP contribution < -0.4 is 0 Å². The number of hydrogen-bond donors (Lipinski definition) is 0. The SMILES string of the molecule is CC/C=C\C(C)Cc1c(C)c(C)cc(C)c1C. The predicted octanol–water partition coefficient (Wildman–Crippen LogP) is 5.07. The quantitative estimate of drug-likeness (QED) is 0.634. The van der Waals surface area contributed by atoms with Gasteiger partial charge < -0.3 is 0 Å². The van der Waals surface area contributed by atoms with Crippen molar-refractivity contribution in [1.29, 1.82) is 0 Å². The molecule has 0 amide bonds. The number of benzene rings is 1. The molecule has 1 unspecified atom stereocenters. The lowest BCUT2D eigenvalue weighted by Crippen LogP contribution is -2.04. The van der Waals surface area contributed by atoms with Crippen molar-refractivity contribution in [3.8, 4) is 0 Å². The van der Waals surface area contributed by atoms with Crippen LogP contribution in [0.5, 0.6) is 0 Å². The molecule has 0 saturated carbocycles. The highest BCUT2D eigenvalue weighted by Gasteiger charge is 2.10. The maximum Gasteiger partial charge on any atom is -0.0213 e. The normalized spacial score (nSPS) is 13.3. The summed E-state index contributed by atoms with van der Waals surface area (Å²) in [7, 11) is 0. The lowest BCUT2D eigenvalue weighted by Gasteiger charge is -2.17. The largest absolute Gasteiger partial charge is 0.0885 e. The molecule has 0 bridgehead atoms. The molecule has 1 atom stereocenters. The summed E-state index contributed by atoms with van der Waals surface area (Å²) >= 11 is 0. The van der Waals surface area contributed by atoms with Crippen LogP contribution >= 0.6 is 0 Å². The highest BCUT2D eigenvalue weighted by atomic mass is 14.2. The van der Waals surface area contributed by atoms with Gasteiger partial charge in [-0.2, -0.15) is 0 Å². The lowest BCUT2D eigenvalue weighted by molar-refractivity contribution is 0.712. The van der Waals surface area contributed by atoms with Crippen molar-refractivity contribution >= 4 is 0 Å². The highest BCUT2D eigenvalue weighted by Crippen LogP contribution is 2.24. The number of rotatable bonds is 4. The first-order valence-corrected chi connectivity index (χ1v) is 6.70. The molecule has 0 aliphatic heterocycles. The van der Waals surface area contributed by atoms with E-state index in [0.29, 0.717) is 5.92 Å². The van der Waals surface area contributed by atoms with Gasteiger partial charge in [-0.15, -0.1) is 0 Å². The molecular weight excluding hydrogens is 204 g/mol. The topological polar surface area (TPSA) is 0 Å². The van der Waals surface area contributed by atoms with Gasteiger partial charge in [0.15, 0.2) is 0 Å². The average molecular weight is 230 g/mol. The Morgan fingerprint density at radius 2 is 1.59 bits per heavy atom. The van der Waals surface area contributed by atoms with Gasteiger partial charge in [0.25, 0.3) is 0 Å². The molecule has 0 aliphatic carbocycles. The van der Waals surface area contributed by atoms with Gasteiger partial charge in [0.2, 0.25) is 0 Å². The van der Waals surface area contributed by atoms with E-state index < -0.39 is 0 Å². The minimum absolute atomic E-state index is 0.633. The summed E-state index contributed by atoms with van der Waals surface area (Å²) in [4.78, 5) is 0. The summed E-state index contributed by atoms with van der Waals surface area (Å²) in [5.41, 5.74) is 7.36. The summed E-state index contributed by atoms with van der Waals surface area (Å²) in [5, 5.41) is 0. The second-order valence-electron chi connectivity index (χ2n) is 5.26. The van der Waals surface area contributed by atoms with Crippen LogP contribution in [0.2, 0.25) is 0 Å². The summed E-state index contributed by atoms with van der Waals surface area (Å²) < 4.78 is 0. The highest BCUT2D eigenvalue weighted by molar-refractivity contribution is 5.44. The smallest absolute Gasteiger partial charge is 0.0213 e. The standard InChI is InChI=1S/C17H26/c1-7-8-9-12(2)10-17-15(5)13(3)11-14(4)16(17)6/h8-9,11-12H,7,10H2,1-6H3/b9-8-. The summed E-state index contributed by atoms with van der Waals surface area (Å²) in [6.45, 7) is 13.5. The van der Waals surface area contributed by atoms with Crippen LogP contribution in [0.25, 0.3) is 0 Å². The van der Waals surface area contributed by atoms with E-state index in [0.717, 1.165) is 12.8 Å². The van der Waals surface area contributed by atoms with Crippen molar-refractivity contribution in [2.45, 2.75) is 54.4 Å². The molecule has 0 fully saturated rings. The van der Waals surface area contributed by atoms with Crippen LogP contribution in [0.3, 0.4) is 0 Å². The van der Waals surface area contributed by atoms with E-state index in [1.807, 2.05) is 0 Å². The van der Waals surface area contributed by atoms with E-state index in [-0.39, 0.29) is 0 Å². The van der Waals surface area contributed by atoms with Gasteiger partial charge in [-0.3, -0.25) is 0 Å². The van der Waals surface area contributed by atoms with E-state index in [1.165, 1.54) is 22.3 Å². The van der Waals surface area contributed by atoms with E-state index in [9.17, 15) is 0 Å². The maximum absolute atomic E-state index is 2.34. The van der Waals surface area contributed by atoms with Crippen molar-refractivity contribution < 1.29 is 0 Å². The van der Waals surface area contributed by atoms with Crippen molar-refractivity contribution in [1.82, 2.24) is 0 Å². The fraction of sp³-hybridized carbons (Fsp3) is 0.529. The van der Waals surface area contributed by atoms with Crippen molar-refractivity contribution in [2.75, 3.05) is 0 Å². The second kappa shape index (κ2) is 6.05. The predicted molar refractivity (Wildman–Crippen MR) is 77.7 cm³/mol. The van der Waals surface area contributed by atoms with Gasteiger partial charge in [-0.05, 0) is 74.3 Å². The average Bonchev–Trinajstić information content (AvgIpc) is 2.29. The van der Waals surface area contributed by atoms with Crippen molar-refractivity contribution in [3.05, 3.63) is 46.0 Å². The molecule has 0 spiro atoms. The number of hydrogen-bond acceptors (Lipinski definition) is 0. The third-order valence-corrected chi connectivity index (χ3v) is 3.75. The summed E-state index contributed by atoms with van der Waals surface area (Å²) in [5.74, 6) is 0.633. The van der Waals surface area contributed by atoms with Gasteiger partial charge in [-0.1, -0.05) is 32.1 Å². The van der Waals surface area contributed by atoms with E-state index in [2.05, 4.69) is 59.8 Å². The first-order chi connectivity index (χ1) is 7.97. The van der Waals surface area contributed by atoms with Gasteiger partial charge >= 0.3 is 0 Å². The molecule has 0 nitrogen and oxygen atoms in total. The van der Waals surface area contributed by atoms with Crippen LogP contribution in [0, 0.1) is 33.6 Å². The molecule has 1 aromatic carbocycles. The molecule has 0 heterocycles. The zero-order chi connectivity index (χ0) is 13.0. The molecular formula is C17H26. The van der Waals surface area contributed by atoms with E-state index in [1.54, 1.807) is 5.56 Å². The number of allylic oxidation sites excluding steroid dienone is 2. The Kier molecular flexibility index (Phi) is 4.99. The molecule has 1 rings (SSSR count). The monoisotopic (exact) mass is 230 g/mol. The lowest BCUT2D eigenvalue weighted by atomic mass is 9.88. The van der Waals surface area contributed by atoms with E-state index >= 15 is 0 Å². The molecule has 94 valence electrons. The fourth-order valence-electron chi connectivity index (χ4n) is 2.36. The number of aryl methyl sites for hydroxylation is 2. The Bertz CT molecular complexity index is 384. The minimum Gasteiger partial charge on any atom is -0.0885 e. The summed E-state index contributed by atoms with van der Waals surface area (Å²) in [6.07, 6.45) is 6.92. The van der Waals surface area contributed by atoms with Crippen LogP contribution in [0.15, 0.2) is 18.2 Å².